The van der Waals surface area contributed by atoms with Gasteiger partial charge in [0, 0.05) is 19.3 Å². The standard InChI is InChI=1S/C48H69N9O14/c1-25(2)20-31(49)42(65)56-40(27(5)6)48(71)55-34(22-30-16-12-9-13-17-30)45(68)53-33(21-29-14-10-8-11-15-29)44(67)51-28(7)41(64)52-32(18-19-36(58)59)43(66)54-35(23-37(60)61)46(69)57-39(26(3)4)47(70)50-24-38(62)63/h8-17,25-28,31-35,39-40H,18-24,49H2,1-7H3,(H,50,70)(H,51,67)(H,52,64)(H,53,68)(H,54,66)(H,55,71)(H,56,65)(H,57,69)(H,58,59)(H,60,61)(H,62,63)/t28-,31-,32-,33-,34-,35-,39-,40-/m0/s1. The molecule has 0 spiro atoms. The van der Waals surface area contributed by atoms with Crippen LogP contribution in [0.4, 0.5) is 0 Å². The van der Waals surface area contributed by atoms with E-state index in [1.165, 1.54) is 20.8 Å². The maximum atomic E-state index is 14.3. The van der Waals surface area contributed by atoms with Crippen LogP contribution in [0.25, 0.3) is 0 Å². The summed E-state index contributed by atoms with van der Waals surface area (Å²) in [5.41, 5.74) is 7.32. The van der Waals surface area contributed by atoms with Gasteiger partial charge in [-0.2, -0.15) is 0 Å². The van der Waals surface area contributed by atoms with Crippen molar-refractivity contribution in [3.63, 3.8) is 0 Å². The van der Waals surface area contributed by atoms with Gasteiger partial charge in [-0.15, -0.1) is 0 Å². The third kappa shape index (κ3) is 21.8. The molecular weight excluding hydrogens is 927 g/mol. The summed E-state index contributed by atoms with van der Waals surface area (Å²) in [4.78, 5) is 143. The van der Waals surface area contributed by atoms with Crippen LogP contribution in [0.15, 0.2) is 60.7 Å². The Labute approximate surface area is 412 Å². The minimum Gasteiger partial charge on any atom is -0.481 e. The van der Waals surface area contributed by atoms with E-state index in [1.807, 2.05) is 13.8 Å². The van der Waals surface area contributed by atoms with Gasteiger partial charge < -0.3 is 63.6 Å². The summed E-state index contributed by atoms with van der Waals surface area (Å²) in [7, 11) is 0. The average molecular weight is 996 g/mol. The first-order chi connectivity index (χ1) is 33.3. The van der Waals surface area contributed by atoms with Crippen molar-refractivity contribution >= 4 is 65.2 Å². The molecule has 0 aliphatic carbocycles. The summed E-state index contributed by atoms with van der Waals surface area (Å²) in [5.74, 6) is -12.6. The molecule has 0 fully saturated rings. The molecule has 23 heteroatoms. The summed E-state index contributed by atoms with van der Waals surface area (Å²) < 4.78 is 0. The van der Waals surface area contributed by atoms with Gasteiger partial charge in [0.05, 0.1) is 12.5 Å². The van der Waals surface area contributed by atoms with Gasteiger partial charge in [0.25, 0.3) is 0 Å². The first-order valence-electron chi connectivity index (χ1n) is 23.2. The van der Waals surface area contributed by atoms with Crippen molar-refractivity contribution in [1.29, 1.82) is 0 Å². The topological polar surface area (TPSA) is 371 Å². The summed E-state index contributed by atoms with van der Waals surface area (Å²) in [6, 6.07) is 6.04. The second-order valence-corrected chi connectivity index (χ2v) is 18.2. The predicted octanol–water partition coefficient (Wildman–Crippen LogP) is -0.889. The lowest BCUT2D eigenvalue weighted by Gasteiger charge is -2.28. The zero-order valence-corrected chi connectivity index (χ0v) is 41.0. The molecule has 2 aromatic carbocycles. The molecule has 0 aliphatic rings. The Morgan fingerprint density at radius 1 is 0.465 bits per heavy atom. The number of carboxylic acid groups (broad SMARTS) is 3. The quantitative estimate of drug-likeness (QED) is 0.0452. The van der Waals surface area contributed by atoms with Gasteiger partial charge in [-0.1, -0.05) is 102 Å². The van der Waals surface area contributed by atoms with E-state index in [4.69, 9.17) is 10.8 Å². The Morgan fingerprint density at radius 2 is 0.887 bits per heavy atom. The van der Waals surface area contributed by atoms with E-state index in [-0.39, 0.29) is 18.8 Å². The molecule has 0 unspecified atom stereocenters. The van der Waals surface area contributed by atoms with E-state index < -0.39 is 151 Å². The smallest absolute Gasteiger partial charge is 0.322 e. The Balaban J connectivity index is 2.40. The molecule has 2 rings (SSSR count). The number of carboxylic acids is 3. The maximum Gasteiger partial charge on any atom is 0.322 e. The molecule has 71 heavy (non-hydrogen) atoms. The first-order valence-corrected chi connectivity index (χ1v) is 23.2. The van der Waals surface area contributed by atoms with E-state index in [0.29, 0.717) is 17.5 Å². The molecule has 390 valence electrons. The number of amides is 8. The van der Waals surface area contributed by atoms with Gasteiger partial charge in [0.1, 0.15) is 48.8 Å². The molecule has 0 bridgehead atoms. The van der Waals surface area contributed by atoms with Crippen LogP contribution in [-0.4, -0.2) is 135 Å². The van der Waals surface area contributed by atoms with Crippen LogP contribution >= 0.6 is 0 Å². The molecule has 23 nitrogen and oxygen atoms in total. The number of carbonyl (C=O) groups is 11. The van der Waals surface area contributed by atoms with Crippen molar-refractivity contribution in [2.45, 2.75) is 135 Å². The monoisotopic (exact) mass is 995 g/mol. The summed E-state index contributed by atoms with van der Waals surface area (Å²) in [6.07, 6.45) is -2.10. The van der Waals surface area contributed by atoms with E-state index >= 15 is 0 Å². The normalized spacial score (nSPS) is 14.5. The van der Waals surface area contributed by atoms with Crippen LogP contribution in [0.5, 0.6) is 0 Å². The third-order valence-corrected chi connectivity index (χ3v) is 10.8. The zero-order valence-electron chi connectivity index (χ0n) is 41.0. The SMILES string of the molecule is CC(C)C[C@H](N)C(=O)N[C@H](C(=O)N[C@@H](Cc1ccccc1)C(=O)N[C@@H](Cc1ccccc1)C(=O)N[C@@H](C)C(=O)N[C@@H](CCC(=O)O)C(=O)N[C@@H](CC(=O)O)C(=O)N[C@H](C(=O)NCC(=O)O)C(C)C)C(C)C. The van der Waals surface area contributed by atoms with Gasteiger partial charge in [-0.05, 0) is 48.6 Å². The number of nitrogens with two attached hydrogens (primary N) is 1. The van der Waals surface area contributed by atoms with Gasteiger partial charge in [0.2, 0.25) is 47.3 Å². The average Bonchev–Trinajstić information content (AvgIpc) is 3.29. The van der Waals surface area contributed by atoms with E-state index in [2.05, 4.69) is 42.5 Å². The fraction of sp³-hybridized carbons (Fsp3) is 0.521. The second-order valence-electron chi connectivity index (χ2n) is 18.2. The van der Waals surface area contributed by atoms with Crippen LogP contribution < -0.4 is 48.3 Å². The molecule has 0 radical (unpaired) electrons. The summed E-state index contributed by atoms with van der Waals surface area (Å²) in [6.45, 7) is 10.7. The van der Waals surface area contributed by atoms with Crippen LogP contribution in [0.2, 0.25) is 0 Å². The number of nitrogens with one attached hydrogen (secondary N) is 8. The molecule has 13 N–H and O–H groups in total. The predicted molar refractivity (Wildman–Crippen MR) is 256 cm³/mol. The number of rotatable bonds is 30. The van der Waals surface area contributed by atoms with Crippen molar-refractivity contribution in [1.82, 2.24) is 42.5 Å². The van der Waals surface area contributed by atoms with E-state index in [0.717, 1.165) is 0 Å². The Hall–Kier alpha value is -7.43. The number of hydrogen-bond acceptors (Lipinski definition) is 12. The summed E-state index contributed by atoms with van der Waals surface area (Å²) >= 11 is 0. The lowest BCUT2D eigenvalue weighted by Crippen LogP contribution is -2.61. The minimum atomic E-state index is -1.88. The van der Waals surface area contributed by atoms with Crippen LogP contribution in [-0.2, 0) is 65.6 Å². The van der Waals surface area contributed by atoms with Crippen molar-refractivity contribution in [2.24, 2.45) is 23.5 Å². The fourth-order valence-corrected chi connectivity index (χ4v) is 6.99. The summed E-state index contributed by atoms with van der Waals surface area (Å²) in [5, 5.41) is 47.5. The highest BCUT2D eigenvalue weighted by Crippen LogP contribution is 2.12. The highest BCUT2D eigenvalue weighted by molar-refractivity contribution is 5.99. The molecule has 2 aromatic rings. The van der Waals surface area contributed by atoms with Crippen LogP contribution in [0, 0.1) is 17.8 Å². The lowest BCUT2D eigenvalue weighted by molar-refractivity contribution is -0.142. The van der Waals surface area contributed by atoms with Crippen molar-refractivity contribution in [3.05, 3.63) is 71.8 Å². The fourth-order valence-electron chi connectivity index (χ4n) is 6.99. The van der Waals surface area contributed by atoms with Gasteiger partial charge >= 0.3 is 17.9 Å². The molecule has 8 atom stereocenters. The van der Waals surface area contributed by atoms with Crippen molar-refractivity contribution in [3.8, 4) is 0 Å². The number of benzene rings is 2. The molecule has 0 heterocycles. The van der Waals surface area contributed by atoms with Crippen LogP contribution in [0.1, 0.15) is 85.3 Å². The Bertz CT molecular complexity index is 2170. The first kappa shape index (κ1) is 59.7. The van der Waals surface area contributed by atoms with E-state index in [1.54, 1.807) is 74.5 Å². The second kappa shape index (κ2) is 29.6. The van der Waals surface area contributed by atoms with Gasteiger partial charge in [-0.3, -0.25) is 52.7 Å². The van der Waals surface area contributed by atoms with Gasteiger partial charge in [-0.25, -0.2) is 0 Å². The van der Waals surface area contributed by atoms with E-state index in [9.17, 15) is 63.0 Å². The minimum absolute atomic E-state index is 0.0439. The number of carbonyl (C=O) groups excluding carboxylic acids is 8. The number of hydrogen-bond donors (Lipinski definition) is 12. The number of aliphatic carboxylic acids is 3. The zero-order chi connectivity index (χ0) is 53.5. The molecule has 8 amide bonds. The van der Waals surface area contributed by atoms with Gasteiger partial charge in [0.15, 0.2) is 0 Å². The highest BCUT2D eigenvalue weighted by atomic mass is 16.4. The third-order valence-electron chi connectivity index (χ3n) is 10.8. The lowest BCUT2D eigenvalue weighted by atomic mass is 9.99. The van der Waals surface area contributed by atoms with Crippen LogP contribution in [0.3, 0.4) is 0 Å². The Morgan fingerprint density at radius 3 is 1.35 bits per heavy atom. The largest absolute Gasteiger partial charge is 0.481 e. The Kier molecular flexibility index (Phi) is 24.9. The molecule has 0 aliphatic heterocycles. The molecular formula is C48H69N9O14. The highest BCUT2D eigenvalue weighted by Gasteiger charge is 2.35. The van der Waals surface area contributed by atoms with Crippen molar-refractivity contribution < 1.29 is 68.1 Å². The molecule has 0 aromatic heterocycles. The molecule has 0 saturated carbocycles. The van der Waals surface area contributed by atoms with Crippen molar-refractivity contribution in [2.75, 3.05) is 6.54 Å². The molecule has 0 saturated heterocycles. The maximum absolute atomic E-state index is 14.3.